The lowest BCUT2D eigenvalue weighted by atomic mass is 10.1. The molecule has 0 unspecified atom stereocenters. The van der Waals surface area contributed by atoms with Crippen molar-refractivity contribution >= 4 is 17.7 Å². The molecule has 1 rings (SSSR count). The quantitative estimate of drug-likeness (QED) is 0.728. The Morgan fingerprint density at radius 1 is 1.32 bits per heavy atom. The number of hydrogen-bond acceptors (Lipinski definition) is 5. The van der Waals surface area contributed by atoms with E-state index in [2.05, 4.69) is 32.8 Å². The van der Waals surface area contributed by atoms with E-state index in [4.69, 9.17) is 0 Å². The second-order valence-electron chi connectivity index (χ2n) is 5.34. The number of carbonyl (C=O) groups is 1. The van der Waals surface area contributed by atoms with Crippen LogP contribution in [-0.2, 0) is 4.79 Å². The van der Waals surface area contributed by atoms with Crippen molar-refractivity contribution in [3.05, 3.63) is 12.3 Å². The Kier molecular flexibility index (Phi) is 5.54. The van der Waals surface area contributed by atoms with Crippen LogP contribution in [0.4, 0.5) is 11.8 Å². The molecule has 6 heteroatoms. The minimum atomic E-state index is -0.224. The third-order valence-corrected chi connectivity index (χ3v) is 2.13. The van der Waals surface area contributed by atoms with Crippen LogP contribution in [-0.4, -0.2) is 34.5 Å². The normalized spacial score (nSPS) is 10.9. The molecule has 3 N–H and O–H groups in total. The van der Waals surface area contributed by atoms with Crippen LogP contribution in [0, 0.1) is 0 Å². The summed E-state index contributed by atoms with van der Waals surface area (Å²) in [5, 5.41) is 8.96. The summed E-state index contributed by atoms with van der Waals surface area (Å²) in [5.74, 6) is 1.15. The first-order valence-electron chi connectivity index (χ1n) is 6.52. The highest BCUT2D eigenvalue weighted by atomic mass is 16.2. The average Bonchev–Trinajstić information content (AvgIpc) is 2.32. The van der Waals surface area contributed by atoms with E-state index < -0.39 is 0 Å². The molecule has 0 aliphatic carbocycles. The highest BCUT2D eigenvalue weighted by molar-refractivity contribution is 5.81. The van der Waals surface area contributed by atoms with Gasteiger partial charge >= 0.3 is 0 Å². The Morgan fingerprint density at radius 3 is 2.68 bits per heavy atom. The number of anilines is 2. The maximum absolute atomic E-state index is 11.7. The minimum Gasteiger partial charge on any atom is -0.361 e. The molecule has 0 saturated heterocycles. The molecule has 0 spiro atoms. The first-order valence-corrected chi connectivity index (χ1v) is 6.52. The van der Waals surface area contributed by atoms with Crippen LogP contribution in [0.1, 0.15) is 34.1 Å². The van der Waals surface area contributed by atoms with Crippen molar-refractivity contribution in [1.29, 1.82) is 0 Å². The van der Waals surface area contributed by atoms with Gasteiger partial charge in [0.15, 0.2) is 0 Å². The summed E-state index contributed by atoms with van der Waals surface area (Å²) < 4.78 is 0. The van der Waals surface area contributed by atoms with Crippen LogP contribution in [0.15, 0.2) is 12.3 Å². The molecular formula is C13H23N5O. The molecule has 0 bridgehead atoms. The van der Waals surface area contributed by atoms with Gasteiger partial charge in [0, 0.05) is 18.3 Å². The molecule has 6 nitrogen and oxygen atoms in total. The van der Waals surface area contributed by atoms with Gasteiger partial charge in [-0.15, -0.1) is 0 Å². The molecular weight excluding hydrogens is 242 g/mol. The lowest BCUT2D eigenvalue weighted by Crippen LogP contribution is -2.43. The zero-order valence-corrected chi connectivity index (χ0v) is 12.1. The Labute approximate surface area is 114 Å². The smallest absolute Gasteiger partial charge is 0.239 e. The van der Waals surface area contributed by atoms with Crippen LogP contribution in [0.2, 0.25) is 0 Å². The molecule has 0 aliphatic heterocycles. The monoisotopic (exact) mass is 265 g/mol. The van der Waals surface area contributed by atoms with Crippen LogP contribution in [0.3, 0.4) is 0 Å². The first-order chi connectivity index (χ1) is 8.90. The second kappa shape index (κ2) is 6.92. The van der Waals surface area contributed by atoms with E-state index in [1.54, 1.807) is 12.3 Å². The highest BCUT2D eigenvalue weighted by Crippen LogP contribution is 2.05. The van der Waals surface area contributed by atoms with Gasteiger partial charge in [-0.25, -0.2) is 4.98 Å². The number of nitrogens with one attached hydrogen (secondary N) is 3. The van der Waals surface area contributed by atoms with Crippen LogP contribution >= 0.6 is 0 Å². The Hall–Kier alpha value is -1.85. The van der Waals surface area contributed by atoms with E-state index in [-0.39, 0.29) is 18.0 Å². The van der Waals surface area contributed by atoms with Gasteiger partial charge in [0.2, 0.25) is 11.9 Å². The molecule has 1 amide bonds. The fraction of sp³-hybridized carbons (Fsp3) is 0.615. The standard InChI is InChI=1S/C13H23N5O/c1-5-7-14-12-15-8-6-10(17-12)16-9-11(19)18-13(2,3)4/h6,8H,5,7,9H2,1-4H3,(H,18,19)(H2,14,15,16,17). The van der Waals surface area contributed by atoms with Crippen molar-refractivity contribution in [3.8, 4) is 0 Å². The molecule has 106 valence electrons. The van der Waals surface area contributed by atoms with E-state index in [1.807, 2.05) is 20.8 Å². The minimum absolute atomic E-state index is 0.0609. The largest absolute Gasteiger partial charge is 0.361 e. The van der Waals surface area contributed by atoms with Gasteiger partial charge in [-0.3, -0.25) is 4.79 Å². The molecule has 0 radical (unpaired) electrons. The van der Waals surface area contributed by atoms with Crippen molar-refractivity contribution in [1.82, 2.24) is 15.3 Å². The summed E-state index contributed by atoms with van der Waals surface area (Å²) >= 11 is 0. The summed E-state index contributed by atoms with van der Waals surface area (Å²) in [6.07, 6.45) is 2.67. The van der Waals surface area contributed by atoms with E-state index in [1.165, 1.54) is 0 Å². The Morgan fingerprint density at radius 2 is 2.05 bits per heavy atom. The molecule has 0 saturated carbocycles. The van der Waals surface area contributed by atoms with E-state index >= 15 is 0 Å². The van der Waals surface area contributed by atoms with Crippen molar-refractivity contribution in [2.24, 2.45) is 0 Å². The fourth-order valence-corrected chi connectivity index (χ4v) is 1.41. The molecule has 0 aromatic carbocycles. The fourth-order valence-electron chi connectivity index (χ4n) is 1.41. The maximum Gasteiger partial charge on any atom is 0.239 e. The third kappa shape index (κ3) is 6.59. The molecule has 1 aromatic rings. The molecule has 0 aliphatic rings. The topological polar surface area (TPSA) is 78.9 Å². The van der Waals surface area contributed by atoms with Crippen molar-refractivity contribution in [2.45, 2.75) is 39.7 Å². The van der Waals surface area contributed by atoms with Gasteiger partial charge in [0.05, 0.1) is 6.54 Å². The molecule has 0 atom stereocenters. The summed E-state index contributed by atoms with van der Waals surface area (Å²) in [7, 11) is 0. The lowest BCUT2D eigenvalue weighted by molar-refractivity contribution is -0.120. The van der Waals surface area contributed by atoms with Gasteiger partial charge in [-0.1, -0.05) is 6.92 Å². The van der Waals surface area contributed by atoms with Crippen molar-refractivity contribution in [2.75, 3.05) is 23.7 Å². The van der Waals surface area contributed by atoms with Gasteiger partial charge < -0.3 is 16.0 Å². The van der Waals surface area contributed by atoms with E-state index in [0.717, 1.165) is 13.0 Å². The summed E-state index contributed by atoms with van der Waals surface area (Å²) in [5.41, 5.74) is -0.224. The number of rotatable bonds is 6. The van der Waals surface area contributed by atoms with Gasteiger partial charge in [0.1, 0.15) is 5.82 Å². The van der Waals surface area contributed by atoms with E-state index in [9.17, 15) is 4.79 Å². The highest BCUT2D eigenvalue weighted by Gasteiger charge is 2.13. The maximum atomic E-state index is 11.7. The number of carbonyl (C=O) groups excluding carboxylic acids is 1. The van der Waals surface area contributed by atoms with Gasteiger partial charge in [0.25, 0.3) is 0 Å². The molecule has 1 aromatic heterocycles. The number of amides is 1. The predicted octanol–water partition coefficient (Wildman–Crippen LogP) is 1.63. The Bertz CT molecular complexity index is 414. The lowest BCUT2D eigenvalue weighted by Gasteiger charge is -2.20. The summed E-state index contributed by atoms with van der Waals surface area (Å²) in [6, 6.07) is 1.74. The number of nitrogens with zero attached hydrogens (tertiary/aromatic N) is 2. The zero-order valence-electron chi connectivity index (χ0n) is 12.1. The summed E-state index contributed by atoms with van der Waals surface area (Å²) in [6.45, 7) is 8.94. The third-order valence-electron chi connectivity index (χ3n) is 2.13. The Balaban J connectivity index is 2.46. The van der Waals surface area contributed by atoms with Gasteiger partial charge in [-0.05, 0) is 33.3 Å². The van der Waals surface area contributed by atoms with Crippen molar-refractivity contribution in [3.63, 3.8) is 0 Å². The van der Waals surface area contributed by atoms with E-state index in [0.29, 0.717) is 11.8 Å². The van der Waals surface area contributed by atoms with Crippen LogP contribution in [0.5, 0.6) is 0 Å². The van der Waals surface area contributed by atoms with Crippen molar-refractivity contribution < 1.29 is 4.79 Å². The van der Waals surface area contributed by atoms with Gasteiger partial charge in [-0.2, -0.15) is 4.98 Å². The molecule has 0 fully saturated rings. The molecule has 19 heavy (non-hydrogen) atoms. The first kappa shape index (κ1) is 15.2. The number of hydrogen-bond donors (Lipinski definition) is 3. The second-order valence-corrected chi connectivity index (χ2v) is 5.34. The summed E-state index contributed by atoms with van der Waals surface area (Å²) in [4.78, 5) is 20.0. The SMILES string of the molecule is CCCNc1nccc(NCC(=O)NC(C)(C)C)n1. The zero-order chi connectivity index (χ0) is 14.3. The van der Waals surface area contributed by atoms with Crippen LogP contribution < -0.4 is 16.0 Å². The predicted molar refractivity (Wildman–Crippen MR) is 77.2 cm³/mol. The molecule has 1 heterocycles. The number of aromatic nitrogens is 2. The average molecular weight is 265 g/mol. The van der Waals surface area contributed by atoms with Crippen LogP contribution in [0.25, 0.3) is 0 Å².